The number of imide groups is 1. The van der Waals surface area contributed by atoms with Gasteiger partial charge >= 0.3 is 11.9 Å². The van der Waals surface area contributed by atoms with Gasteiger partial charge in [-0.1, -0.05) is 43.7 Å². The van der Waals surface area contributed by atoms with Crippen LogP contribution in [-0.4, -0.2) is 129 Å². The molecule has 0 saturated heterocycles. The molecule has 8 rings (SSSR count). The number of aryl methyl sites for hydroxylation is 1. The third-order valence-electron chi connectivity index (χ3n) is 14.5. The Labute approximate surface area is 441 Å². The average molecular weight is 1060 g/mol. The first-order chi connectivity index (χ1) is 36.9. The maximum atomic E-state index is 15.4. The number of hydrogen-bond donors (Lipinski definition) is 6. The number of unbranched alkanes of at least 4 members (excludes halogenated alkanes) is 2. The lowest BCUT2D eigenvalue weighted by atomic mass is 9.78. The van der Waals surface area contributed by atoms with Crippen LogP contribution in [0.15, 0.2) is 59.4 Å². The van der Waals surface area contributed by atoms with Crippen LogP contribution in [0.5, 0.6) is 0 Å². The fraction of sp³-hybridized carbons (Fsp3) is 0.418. The van der Waals surface area contributed by atoms with Crippen molar-refractivity contribution in [3.8, 4) is 11.4 Å². The monoisotopic (exact) mass is 1060 g/mol. The molecule has 0 saturated carbocycles. The lowest BCUT2D eigenvalue weighted by molar-refractivity contribution is -0.416. The summed E-state index contributed by atoms with van der Waals surface area (Å²) in [7, 11) is 1.63. The standard InChI is InChI=1S/C55H60FN9O12/c1-4-55(76)37-23-41-51-35(29-65(41)53(74)36(37)30-77-54(55)75)49-33(16-17-34-31(2)38(56)24-39(62-51)50(34)49)28-63(3)46(70)15-11-20-57-43(67)26-60-52(73)40(22-32-12-7-5-8-13-32)61-45(69)27-59-44(68)25-58-42(66)14-9-6-10-21-64-47(71)18-19-48(64)72/h5,7-8,12-13,18-19,23-24,28,33,40,76H,4,6,9-11,14-17,20-22,25-27,29-30H2,1-3H3,(H4-,57,58,59,60,61,66,67,68,69,73)/p+1/t33?,40-,55-/m0/s1. The number of cyclic esters (lactones) is 1. The van der Waals surface area contributed by atoms with E-state index in [9.17, 15) is 53.1 Å². The Morgan fingerprint density at radius 1 is 0.870 bits per heavy atom. The van der Waals surface area contributed by atoms with Crippen LogP contribution >= 0.6 is 0 Å². The molecule has 1 aliphatic carbocycles. The van der Waals surface area contributed by atoms with Gasteiger partial charge in [-0.05, 0) is 73.8 Å². The van der Waals surface area contributed by atoms with E-state index in [1.165, 1.54) is 27.4 Å². The normalized spacial score (nSPS) is 17.5. The highest BCUT2D eigenvalue weighted by Crippen LogP contribution is 2.46. The minimum Gasteiger partial charge on any atom is -0.458 e. The molecule has 21 nitrogen and oxygen atoms in total. The fourth-order valence-electron chi connectivity index (χ4n) is 10.3. The van der Waals surface area contributed by atoms with Gasteiger partial charge in [0.1, 0.15) is 25.5 Å². The van der Waals surface area contributed by atoms with E-state index in [0.29, 0.717) is 60.1 Å². The summed E-state index contributed by atoms with van der Waals surface area (Å²) < 4.78 is 23.7. The Morgan fingerprint density at radius 3 is 2.31 bits per heavy atom. The molecule has 1 unspecified atom stereocenters. The van der Waals surface area contributed by atoms with Gasteiger partial charge in [-0.3, -0.25) is 43.3 Å². The van der Waals surface area contributed by atoms with E-state index >= 15 is 4.39 Å². The summed E-state index contributed by atoms with van der Waals surface area (Å²) in [6.07, 6.45) is 7.28. The first-order valence-electron chi connectivity index (χ1n) is 25.7. The van der Waals surface area contributed by atoms with E-state index in [1.54, 1.807) is 57.3 Å². The van der Waals surface area contributed by atoms with Crippen molar-refractivity contribution >= 4 is 70.3 Å². The van der Waals surface area contributed by atoms with Crippen molar-refractivity contribution in [1.29, 1.82) is 0 Å². The number of rotatable bonds is 22. The van der Waals surface area contributed by atoms with E-state index in [0.717, 1.165) is 27.0 Å². The van der Waals surface area contributed by atoms with Crippen LogP contribution < -0.4 is 32.1 Å². The third-order valence-corrected chi connectivity index (χ3v) is 14.5. The van der Waals surface area contributed by atoms with E-state index in [4.69, 9.17) is 9.72 Å². The SMILES string of the molecule is CC[C@@]1(O)C(=O)OCc2c1cc1n(c2=O)Cc2c-1nc1cc(F)c(C)c3c1c2C(C=[N+](C)C(=O)CCCNC(=O)CNC(=O)[C@H](Cc1ccccc1)NC(=O)CNC(=O)CNC(=O)CCCCCN1C(=O)C=CC1=O)CC3. The van der Waals surface area contributed by atoms with Crippen molar-refractivity contribution in [2.24, 2.45) is 0 Å². The first kappa shape index (κ1) is 55.0. The number of carbonyl (C=O) groups excluding carboxylic acids is 9. The van der Waals surface area contributed by atoms with Gasteiger partial charge in [0, 0.05) is 60.7 Å². The fourth-order valence-corrected chi connectivity index (χ4v) is 10.3. The van der Waals surface area contributed by atoms with Gasteiger partial charge in [-0.25, -0.2) is 19.0 Å². The second-order valence-electron chi connectivity index (χ2n) is 19.6. The molecule has 2 aromatic heterocycles. The van der Waals surface area contributed by atoms with Gasteiger partial charge in [-0.2, -0.15) is 4.58 Å². The Balaban J connectivity index is 0.816. The number of nitrogens with zero attached hydrogens (tertiary/aromatic N) is 4. The molecule has 0 fully saturated rings. The summed E-state index contributed by atoms with van der Waals surface area (Å²) in [6.45, 7) is 2.19. The zero-order valence-corrected chi connectivity index (χ0v) is 43.1. The quantitative estimate of drug-likeness (QED) is 0.0188. The number of fused-ring (bicyclic) bond motifs is 5. The lowest BCUT2D eigenvalue weighted by Gasteiger charge is -2.31. The average Bonchev–Trinajstić information content (AvgIpc) is 4.06. The number of aliphatic hydroxyl groups is 1. The number of carbonyl (C=O) groups is 9. The second-order valence-corrected chi connectivity index (χ2v) is 19.6. The van der Waals surface area contributed by atoms with Crippen molar-refractivity contribution in [3.05, 3.63) is 110 Å². The number of aromatic nitrogens is 2. The van der Waals surface area contributed by atoms with Gasteiger partial charge in [-0.15, -0.1) is 0 Å². The summed E-state index contributed by atoms with van der Waals surface area (Å²) in [5, 5.41) is 24.9. The minimum atomic E-state index is -2.03. The van der Waals surface area contributed by atoms with Crippen LogP contribution in [0, 0.1) is 12.7 Å². The molecule has 4 aromatic rings. The first-order valence-corrected chi connectivity index (χ1v) is 25.7. The molecule has 3 aliphatic heterocycles. The van der Waals surface area contributed by atoms with Gasteiger partial charge < -0.3 is 41.0 Å². The molecule has 5 heterocycles. The zero-order chi connectivity index (χ0) is 55.1. The maximum Gasteiger partial charge on any atom is 0.386 e. The van der Waals surface area contributed by atoms with Crippen molar-refractivity contribution in [2.45, 2.75) is 109 Å². The van der Waals surface area contributed by atoms with Crippen LogP contribution in [0.1, 0.15) is 103 Å². The zero-order valence-electron chi connectivity index (χ0n) is 43.1. The number of ether oxygens (including phenoxy) is 1. The summed E-state index contributed by atoms with van der Waals surface area (Å²) in [5.41, 5.74) is 2.60. The van der Waals surface area contributed by atoms with Crippen LogP contribution in [0.25, 0.3) is 22.3 Å². The van der Waals surface area contributed by atoms with Crippen LogP contribution in [0.4, 0.5) is 4.39 Å². The molecule has 77 heavy (non-hydrogen) atoms. The molecule has 22 heteroatoms. The number of nitrogens with one attached hydrogen (secondary N) is 5. The van der Waals surface area contributed by atoms with Crippen molar-refractivity contribution < 1.29 is 62.0 Å². The smallest absolute Gasteiger partial charge is 0.386 e. The molecule has 0 bridgehead atoms. The molecule has 6 N–H and O–H groups in total. The van der Waals surface area contributed by atoms with Crippen LogP contribution in [0.3, 0.4) is 0 Å². The van der Waals surface area contributed by atoms with Gasteiger partial charge in [0.15, 0.2) is 11.8 Å². The highest BCUT2D eigenvalue weighted by atomic mass is 19.1. The van der Waals surface area contributed by atoms with Gasteiger partial charge in [0.25, 0.3) is 17.4 Å². The predicted molar refractivity (Wildman–Crippen MR) is 275 cm³/mol. The number of pyridine rings is 2. The summed E-state index contributed by atoms with van der Waals surface area (Å²) in [6, 6.07) is 10.7. The Kier molecular flexibility index (Phi) is 16.9. The Hall–Kier alpha value is -8.27. The molecule has 3 atom stereocenters. The van der Waals surface area contributed by atoms with E-state index in [2.05, 4.69) is 26.6 Å². The topological polar surface area (TPSA) is 284 Å². The highest BCUT2D eigenvalue weighted by Gasteiger charge is 2.46. The predicted octanol–water partition coefficient (Wildman–Crippen LogP) is 1.25. The number of amides is 8. The van der Waals surface area contributed by atoms with Crippen molar-refractivity contribution in [3.63, 3.8) is 0 Å². The van der Waals surface area contributed by atoms with Gasteiger partial charge in [0.2, 0.25) is 29.5 Å². The molecular weight excluding hydrogens is 998 g/mol. The number of benzene rings is 2. The maximum absolute atomic E-state index is 15.4. The summed E-state index contributed by atoms with van der Waals surface area (Å²) >= 11 is 0. The van der Waals surface area contributed by atoms with Crippen LogP contribution in [-0.2, 0) is 79.5 Å². The molecule has 2 aromatic carbocycles. The molecule has 404 valence electrons. The van der Waals surface area contributed by atoms with Crippen LogP contribution in [0.2, 0.25) is 0 Å². The lowest BCUT2D eigenvalue weighted by Crippen LogP contribution is -2.52. The van der Waals surface area contributed by atoms with Crippen molar-refractivity contribution in [1.82, 2.24) is 41.0 Å². The number of esters is 1. The molecule has 0 radical (unpaired) electrons. The highest BCUT2D eigenvalue weighted by molar-refractivity contribution is 6.12. The summed E-state index contributed by atoms with van der Waals surface area (Å²) in [5.74, 6) is -5.53. The Bertz CT molecular complexity index is 3210. The van der Waals surface area contributed by atoms with E-state index in [1.807, 2.05) is 6.21 Å². The molecule has 8 amide bonds. The minimum absolute atomic E-state index is 0.0277. The second kappa shape index (κ2) is 23.7. The molecule has 0 spiro atoms. The van der Waals surface area contributed by atoms with E-state index in [-0.39, 0.29) is 93.1 Å². The third kappa shape index (κ3) is 12.1. The molecule has 4 aliphatic rings. The van der Waals surface area contributed by atoms with E-state index < -0.39 is 78.2 Å². The Morgan fingerprint density at radius 2 is 1.57 bits per heavy atom. The largest absolute Gasteiger partial charge is 0.458 e. The van der Waals surface area contributed by atoms with Gasteiger partial charge in [0.05, 0.1) is 61.0 Å². The number of halogens is 1. The number of hydrogen-bond acceptors (Lipinski definition) is 13. The molecular formula is C55H61FN9O12+. The van der Waals surface area contributed by atoms with Crippen molar-refractivity contribution in [2.75, 3.05) is 39.8 Å². The summed E-state index contributed by atoms with van der Waals surface area (Å²) in [4.78, 5) is 134.